The zero-order chi connectivity index (χ0) is 19.8. The van der Waals surface area contributed by atoms with Gasteiger partial charge in [0.15, 0.2) is 0 Å². The molecule has 2 N–H and O–H groups in total. The van der Waals surface area contributed by atoms with Gasteiger partial charge in [0.25, 0.3) is 5.91 Å². The summed E-state index contributed by atoms with van der Waals surface area (Å²) in [6.45, 7) is 6.74. The van der Waals surface area contributed by atoms with Crippen LogP contribution in [0.3, 0.4) is 0 Å². The molecule has 0 aliphatic carbocycles. The summed E-state index contributed by atoms with van der Waals surface area (Å²) in [7, 11) is 0. The van der Waals surface area contributed by atoms with E-state index in [1.54, 1.807) is 18.6 Å². The molecule has 144 valence electrons. The van der Waals surface area contributed by atoms with Crippen molar-refractivity contribution >= 4 is 23.1 Å². The lowest BCUT2D eigenvalue weighted by Gasteiger charge is -2.21. The fraction of sp³-hybridized carbons (Fsp3) is 0.238. The van der Waals surface area contributed by atoms with Gasteiger partial charge in [-0.05, 0) is 55.8 Å². The molecule has 0 spiro atoms. The Bertz CT molecular complexity index is 877. The Morgan fingerprint density at radius 2 is 1.68 bits per heavy atom. The second kappa shape index (κ2) is 9.45. The summed E-state index contributed by atoms with van der Waals surface area (Å²) in [6.07, 6.45) is 6.50. The highest BCUT2D eigenvalue weighted by Crippen LogP contribution is 2.18. The third kappa shape index (κ3) is 5.03. The Kier molecular flexibility index (Phi) is 6.51. The number of hydrogen-bond donors (Lipinski definition) is 2. The Balaban J connectivity index is 1.57. The van der Waals surface area contributed by atoms with Crippen LogP contribution in [0.1, 0.15) is 29.9 Å². The first-order valence-electron chi connectivity index (χ1n) is 9.30. The van der Waals surface area contributed by atoms with Crippen LogP contribution in [0.5, 0.6) is 0 Å². The van der Waals surface area contributed by atoms with Crippen LogP contribution in [0.15, 0.2) is 61.2 Å². The monoisotopic (exact) mass is 376 g/mol. The molecule has 7 heteroatoms. The van der Waals surface area contributed by atoms with E-state index < -0.39 is 0 Å². The quantitative estimate of drug-likeness (QED) is 0.625. The maximum Gasteiger partial charge on any atom is 0.275 e. The van der Waals surface area contributed by atoms with E-state index in [4.69, 9.17) is 0 Å². The normalized spacial score (nSPS) is 10.4. The Hall–Kier alpha value is -3.48. The summed E-state index contributed by atoms with van der Waals surface area (Å²) in [4.78, 5) is 27.1. The maximum absolute atomic E-state index is 12.4. The molecule has 3 rings (SSSR count). The van der Waals surface area contributed by atoms with Gasteiger partial charge in [-0.3, -0.25) is 9.78 Å². The van der Waals surface area contributed by atoms with E-state index in [2.05, 4.69) is 44.3 Å². The highest BCUT2D eigenvalue weighted by atomic mass is 16.1. The molecule has 28 heavy (non-hydrogen) atoms. The molecule has 1 amide bonds. The van der Waals surface area contributed by atoms with Crippen LogP contribution >= 0.6 is 0 Å². The first kappa shape index (κ1) is 19.3. The Morgan fingerprint density at radius 3 is 2.29 bits per heavy atom. The van der Waals surface area contributed by atoms with Crippen molar-refractivity contribution in [3.63, 3.8) is 0 Å². The van der Waals surface area contributed by atoms with Crippen molar-refractivity contribution in [2.24, 2.45) is 0 Å². The fourth-order valence-corrected chi connectivity index (χ4v) is 2.77. The molecule has 0 saturated heterocycles. The molecule has 3 aromatic rings. The second-order valence-electron chi connectivity index (χ2n) is 6.17. The number of amides is 1. The van der Waals surface area contributed by atoms with Crippen molar-refractivity contribution in [2.45, 2.75) is 20.4 Å². The average Bonchev–Trinajstić information content (AvgIpc) is 2.75. The highest BCUT2D eigenvalue weighted by molar-refractivity contribution is 6.02. The van der Waals surface area contributed by atoms with E-state index >= 15 is 0 Å². The van der Waals surface area contributed by atoms with Crippen molar-refractivity contribution in [3.8, 4) is 0 Å². The number of benzene rings is 1. The van der Waals surface area contributed by atoms with Crippen molar-refractivity contribution in [1.82, 2.24) is 15.0 Å². The van der Waals surface area contributed by atoms with Gasteiger partial charge in [0.1, 0.15) is 11.5 Å². The van der Waals surface area contributed by atoms with Crippen LogP contribution in [0.4, 0.5) is 17.2 Å². The molecule has 0 radical (unpaired) electrons. The molecule has 0 fully saturated rings. The topological polar surface area (TPSA) is 83.0 Å². The summed E-state index contributed by atoms with van der Waals surface area (Å²) >= 11 is 0. The number of anilines is 3. The van der Waals surface area contributed by atoms with E-state index in [1.807, 2.05) is 36.4 Å². The minimum absolute atomic E-state index is 0.266. The van der Waals surface area contributed by atoms with Crippen LogP contribution in [-0.4, -0.2) is 33.9 Å². The molecule has 0 bridgehead atoms. The van der Waals surface area contributed by atoms with Crippen LogP contribution in [0, 0.1) is 0 Å². The van der Waals surface area contributed by atoms with E-state index in [-0.39, 0.29) is 11.6 Å². The number of hydrogen-bond acceptors (Lipinski definition) is 6. The van der Waals surface area contributed by atoms with Gasteiger partial charge in [0, 0.05) is 43.4 Å². The van der Waals surface area contributed by atoms with Crippen LogP contribution in [-0.2, 0) is 6.54 Å². The number of nitrogens with one attached hydrogen (secondary N) is 2. The molecule has 7 nitrogen and oxygen atoms in total. The van der Waals surface area contributed by atoms with Crippen molar-refractivity contribution in [2.75, 3.05) is 28.6 Å². The molecule has 2 aromatic heterocycles. The van der Waals surface area contributed by atoms with Gasteiger partial charge in [-0.2, -0.15) is 0 Å². The van der Waals surface area contributed by atoms with Crippen molar-refractivity contribution < 1.29 is 4.79 Å². The molecule has 0 atom stereocenters. The Labute approximate surface area is 164 Å². The number of pyridine rings is 1. The standard InChI is InChI=1S/C21H24N6O/c1-3-27(4-2)18-7-5-17(6-8-18)26-21(28)19-14-25-20(15-23-19)24-13-16-9-11-22-12-10-16/h5-12,14-15H,3-4,13H2,1-2H3,(H,24,25)(H,26,28). The second-order valence-corrected chi connectivity index (χ2v) is 6.17. The molecule has 0 aliphatic heterocycles. The van der Waals surface area contributed by atoms with Gasteiger partial charge in [-0.15, -0.1) is 0 Å². The van der Waals surface area contributed by atoms with Gasteiger partial charge >= 0.3 is 0 Å². The van der Waals surface area contributed by atoms with Crippen LogP contribution < -0.4 is 15.5 Å². The lowest BCUT2D eigenvalue weighted by molar-refractivity contribution is 0.102. The lowest BCUT2D eigenvalue weighted by Crippen LogP contribution is -2.21. The zero-order valence-electron chi connectivity index (χ0n) is 16.1. The number of aromatic nitrogens is 3. The minimum Gasteiger partial charge on any atom is -0.372 e. The van der Waals surface area contributed by atoms with Gasteiger partial charge in [-0.1, -0.05) is 0 Å². The number of nitrogens with zero attached hydrogens (tertiary/aromatic N) is 4. The smallest absolute Gasteiger partial charge is 0.275 e. The predicted octanol–water partition coefficient (Wildman–Crippen LogP) is 3.58. The molecule has 1 aromatic carbocycles. The van der Waals surface area contributed by atoms with Gasteiger partial charge < -0.3 is 15.5 Å². The zero-order valence-corrected chi connectivity index (χ0v) is 16.1. The molecular formula is C21H24N6O. The summed E-state index contributed by atoms with van der Waals surface area (Å²) < 4.78 is 0. The maximum atomic E-state index is 12.4. The van der Waals surface area contributed by atoms with Gasteiger partial charge in [0.05, 0.1) is 12.4 Å². The summed E-state index contributed by atoms with van der Waals surface area (Å²) in [6, 6.07) is 11.6. The molecular weight excluding hydrogens is 352 g/mol. The minimum atomic E-state index is -0.288. The predicted molar refractivity (Wildman–Crippen MR) is 112 cm³/mol. The molecule has 2 heterocycles. The lowest BCUT2D eigenvalue weighted by atomic mass is 10.2. The van der Waals surface area contributed by atoms with Crippen molar-refractivity contribution in [1.29, 1.82) is 0 Å². The van der Waals surface area contributed by atoms with E-state index in [0.717, 1.165) is 30.0 Å². The molecule has 0 saturated carbocycles. The first-order valence-corrected chi connectivity index (χ1v) is 9.30. The summed E-state index contributed by atoms with van der Waals surface area (Å²) in [5.41, 5.74) is 3.21. The number of carbonyl (C=O) groups is 1. The van der Waals surface area contributed by atoms with E-state index in [9.17, 15) is 4.79 Å². The average molecular weight is 376 g/mol. The Morgan fingerprint density at radius 1 is 0.964 bits per heavy atom. The SMILES string of the molecule is CCN(CC)c1ccc(NC(=O)c2cnc(NCc3ccncc3)cn2)cc1. The van der Waals surface area contributed by atoms with Crippen LogP contribution in [0.25, 0.3) is 0 Å². The van der Waals surface area contributed by atoms with Crippen molar-refractivity contribution in [3.05, 3.63) is 72.4 Å². The fourth-order valence-electron chi connectivity index (χ4n) is 2.77. The number of rotatable bonds is 8. The van der Waals surface area contributed by atoms with Gasteiger partial charge in [0.2, 0.25) is 0 Å². The summed E-state index contributed by atoms with van der Waals surface area (Å²) in [5.74, 6) is 0.320. The largest absolute Gasteiger partial charge is 0.372 e. The third-order valence-corrected chi connectivity index (χ3v) is 4.36. The molecule has 0 aliphatic rings. The third-order valence-electron chi connectivity index (χ3n) is 4.36. The molecule has 0 unspecified atom stereocenters. The number of carbonyl (C=O) groups excluding carboxylic acids is 1. The first-order chi connectivity index (χ1) is 13.7. The van der Waals surface area contributed by atoms with E-state index in [0.29, 0.717) is 12.4 Å². The van der Waals surface area contributed by atoms with Crippen LogP contribution in [0.2, 0.25) is 0 Å². The van der Waals surface area contributed by atoms with E-state index in [1.165, 1.54) is 6.20 Å². The summed E-state index contributed by atoms with van der Waals surface area (Å²) in [5, 5.41) is 6.02. The van der Waals surface area contributed by atoms with Gasteiger partial charge in [-0.25, -0.2) is 9.97 Å². The highest BCUT2D eigenvalue weighted by Gasteiger charge is 2.09.